The molecule has 0 amide bonds. The van der Waals surface area contributed by atoms with Crippen molar-refractivity contribution in [2.45, 2.75) is 20.8 Å². The summed E-state index contributed by atoms with van der Waals surface area (Å²) in [5.74, 6) is 0. The van der Waals surface area contributed by atoms with Crippen LogP contribution in [0.3, 0.4) is 0 Å². The number of aryl methyl sites for hydroxylation is 2. The zero-order valence-corrected chi connectivity index (χ0v) is 10.8. The van der Waals surface area contributed by atoms with E-state index >= 15 is 0 Å². The normalized spacial score (nSPS) is 11.1. The highest BCUT2D eigenvalue weighted by molar-refractivity contribution is 5.67. The van der Waals surface area contributed by atoms with Crippen LogP contribution in [-0.2, 0) is 0 Å². The fourth-order valence-electron chi connectivity index (χ4n) is 2.25. The molecule has 0 fully saturated rings. The summed E-state index contributed by atoms with van der Waals surface area (Å²) in [6.07, 6.45) is 0. The molecule has 0 saturated heterocycles. The molecule has 2 aromatic heterocycles. The second-order valence-electron chi connectivity index (χ2n) is 4.59. The van der Waals surface area contributed by atoms with Crippen LogP contribution in [0.25, 0.3) is 16.9 Å². The number of fused-ring (bicyclic) bond motifs is 1. The van der Waals surface area contributed by atoms with Gasteiger partial charge in [-0.3, -0.25) is 0 Å². The van der Waals surface area contributed by atoms with Crippen LogP contribution in [0, 0.1) is 20.8 Å². The van der Waals surface area contributed by atoms with Crippen molar-refractivity contribution < 1.29 is 0 Å². The number of nitrogens with zero attached hydrogens (tertiary/aromatic N) is 3. The average Bonchev–Trinajstić information content (AvgIpc) is 2.71. The first-order valence-electron chi connectivity index (χ1n) is 6.06. The smallest absolute Gasteiger partial charge is 0.156 e. The zero-order chi connectivity index (χ0) is 12.7. The monoisotopic (exact) mass is 237 g/mol. The Balaban J connectivity index is 2.42. The Morgan fingerprint density at radius 3 is 2.44 bits per heavy atom. The van der Waals surface area contributed by atoms with Crippen LogP contribution in [-0.4, -0.2) is 14.6 Å². The van der Waals surface area contributed by atoms with Gasteiger partial charge in [-0.15, -0.1) is 0 Å². The maximum Gasteiger partial charge on any atom is 0.156 e. The summed E-state index contributed by atoms with van der Waals surface area (Å²) in [4.78, 5) is 4.58. The molecule has 0 unspecified atom stereocenters. The average molecular weight is 237 g/mol. The summed E-state index contributed by atoms with van der Waals surface area (Å²) in [5, 5.41) is 4.55. The molecule has 0 atom stereocenters. The van der Waals surface area contributed by atoms with Crippen molar-refractivity contribution in [1.29, 1.82) is 0 Å². The first-order valence-corrected chi connectivity index (χ1v) is 6.06. The third kappa shape index (κ3) is 1.59. The van der Waals surface area contributed by atoms with Crippen LogP contribution < -0.4 is 0 Å². The predicted molar refractivity (Wildman–Crippen MR) is 72.6 cm³/mol. The summed E-state index contributed by atoms with van der Waals surface area (Å²) in [5.41, 5.74) is 6.44. The Labute approximate surface area is 106 Å². The Bertz CT molecular complexity index is 711. The third-order valence-corrected chi connectivity index (χ3v) is 3.25. The van der Waals surface area contributed by atoms with Gasteiger partial charge in [0.2, 0.25) is 0 Å². The lowest BCUT2D eigenvalue weighted by atomic mass is 10.1. The SMILES string of the molecule is Cc1cc2nc(C)c(C)c(-c3ccccc3)n2n1. The number of hydrogen-bond donors (Lipinski definition) is 0. The van der Waals surface area contributed by atoms with Crippen LogP contribution in [0.15, 0.2) is 36.4 Å². The molecule has 0 radical (unpaired) electrons. The molecule has 0 bridgehead atoms. The van der Waals surface area contributed by atoms with E-state index in [9.17, 15) is 0 Å². The van der Waals surface area contributed by atoms with Crippen LogP contribution in [0.4, 0.5) is 0 Å². The van der Waals surface area contributed by atoms with Crippen LogP contribution in [0.5, 0.6) is 0 Å². The molecule has 0 aliphatic heterocycles. The first kappa shape index (κ1) is 11.0. The minimum absolute atomic E-state index is 0.912. The summed E-state index contributed by atoms with van der Waals surface area (Å²) in [6, 6.07) is 12.4. The molecule has 0 N–H and O–H groups in total. The molecule has 0 saturated carbocycles. The van der Waals surface area contributed by atoms with Crippen molar-refractivity contribution in [1.82, 2.24) is 14.6 Å². The lowest BCUT2D eigenvalue weighted by molar-refractivity contribution is 0.906. The number of benzene rings is 1. The van der Waals surface area contributed by atoms with E-state index in [0.717, 1.165) is 22.7 Å². The minimum Gasteiger partial charge on any atom is -0.234 e. The van der Waals surface area contributed by atoms with E-state index < -0.39 is 0 Å². The van der Waals surface area contributed by atoms with Gasteiger partial charge in [0.25, 0.3) is 0 Å². The van der Waals surface area contributed by atoms with Gasteiger partial charge in [-0.25, -0.2) is 9.50 Å². The standard InChI is InChI=1S/C15H15N3/c1-10-9-14-16-12(3)11(2)15(18(14)17-10)13-7-5-4-6-8-13/h4-9H,1-3H3. The molecule has 3 nitrogen and oxygen atoms in total. The maximum absolute atomic E-state index is 4.58. The van der Waals surface area contributed by atoms with Crippen molar-refractivity contribution >= 4 is 5.65 Å². The van der Waals surface area contributed by atoms with E-state index in [0.29, 0.717) is 0 Å². The topological polar surface area (TPSA) is 30.2 Å². The van der Waals surface area contributed by atoms with Crippen molar-refractivity contribution in [3.05, 3.63) is 53.3 Å². The van der Waals surface area contributed by atoms with Crippen molar-refractivity contribution in [2.75, 3.05) is 0 Å². The Hall–Kier alpha value is -2.16. The molecule has 0 spiro atoms. The number of rotatable bonds is 1. The van der Waals surface area contributed by atoms with E-state index in [1.165, 1.54) is 11.1 Å². The number of aromatic nitrogens is 3. The summed E-state index contributed by atoms with van der Waals surface area (Å²) < 4.78 is 1.94. The minimum atomic E-state index is 0.912. The lowest BCUT2D eigenvalue weighted by Crippen LogP contribution is -2.02. The van der Waals surface area contributed by atoms with Gasteiger partial charge in [0, 0.05) is 17.3 Å². The zero-order valence-electron chi connectivity index (χ0n) is 10.8. The maximum atomic E-state index is 4.58. The number of hydrogen-bond acceptors (Lipinski definition) is 2. The van der Waals surface area contributed by atoms with Gasteiger partial charge >= 0.3 is 0 Å². The van der Waals surface area contributed by atoms with E-state index in [1.54, 1.807) is 0 Å². The molecule has 18 heavy (non-hydrogen) atoms. The van der Waals surface area contributed by atoms with Crippen molar-refractivity contribution in [3.8, 4) is 11.3 Å². The van der Waals surface area contributed by atoms with Crippen LogP contribution in [0.1, 0.15) is 17.0 Å². The second kappa shape index (κ2) is 3.95. The molecule has 0 aliphatic rings. The molecular weight excluding hydrogens is 222 g/mol. The van der Waals surface area contributed by atoms with Crippen molar-refractivity contribution in [3.63, 3.8) is 0 Å². The van der Waals surface area contributed by atoms with Gasteiger partial charge in [0.1, 0.15) is 0 Å². The second-order valence-corrected chi connectivity index (χ2v) is 4.59. The Morgan fingerprint density at radius 1 is 1.00 bits per heavy atom. The van der Waals surface area contributed by atoms with Crippen LogP contribution in [0.2, 0.25) is 0 Å². The van der Waals surface area contributed by atoms with Gasteiger partial charge < -0.3 is 0 Å². The summed E-state index contributed by atoms with van der Waals surface area (Å²) in [6.45, 7) is 6.14. The molecule has 90 valence electrons. The third-order valence-electron chi connectivity index (χ3n) is 3.25. The fourth-order valence-corrected chi connectivity index (χ4v) is 2.25. The van der Waals surface area contributed by atoms with Gasteiger partial charge in [-0.1, -0.05) is 30.3 Å². The van der Waals surface area contributed by atoms with Gasteiger partial charge in [-0.05, 0) is 26.3 Å². The molecule has 0 aliphatic carbocycles. The van der Waals surface area contributed by atoms with E-state index in [2.05, 4.69) is 29.1 Å². The molecule has 2 heterocycles. The summed E-state index contributed by atoms with van der Waals surface area (Å²) >= 11 is 0. The van der Waals surface area contributed by atoms with Gasteiger partial charge in [0.05, 0.1) is 11.4 Å². The van der Waals surface area contributed by atoms with E-state index in [-0.39, 0.29) is 0 Å². The quantitative estimate of drug-likeness (QED) is 0.650. The largest absolute Gasteiger partial charge is 0.234 e. The molecule has 3 aromatic rings. The van der Waals surface area contributed by atoms with Crippen LogP contribution >= 0.6 is 0 Å². The van der Waals surface area contributed by atoms with Gasteiger partial charge in [0.15, 0.2) is 5.65 Å². The first-order chi connectivity index (χ1) is 8.66. The summed E-state index contributed by atoms with van der Waals surface area (Å²) in [7, 11) is 0. The molecule has 1 aromatic carbocycles. The Kier molecular flexibility index (Phi) is 2.40. The predicted octanol–water partition coefficient (Wildman–Crippen LogP) is 3.32. The highest BCUT2D eigenvalue weighted by atomic mass is 15.3. The van der Waals surface area contributed by atoms with Gasteiger partial charge in [-0.2, -0.15) is 5.10 Å². The molecule has 3 heteroatoms. The fraction of sp³-hybridized carbons (Fsp3) is 0.200. The highest BCUT2D eigenvalue weighted by Gasteiger charge is 2.12. The molecule has 3 rings (SSSR count). The lowest BCUT2D eigenvalue weighted by Gasteiger charge is -2.10. The van der Waals surface area contributed by atoms with E-state index in [4.69, 9.17) is 0 Å². The van der Waals surface area contributed by atoms with E-state index in [1.807, 2.05) is 42.6 Å². The molecular formula is C15H15N3. The Morgan fingerprint density at radius 2 is 1.72 bits per heavy atom. The van der Waals surface area contributed by atoms with Crippen molar-refractivity contribution in [2.24, 2.45) is 0 Å². The highest BCUT2D eigenvalue weighted by Crippen LogP contribution is 2.25.